The van der Waals surface area contributed by atoms with Gasteiger partial charge in [0, 0.05) is 18.5 Å². The number of pyridine rings is 1. The van der Waals surface area contributed by atoms with Gasteiger partial charge < -0.3 is 4.90 Å². The molecule has 0 saturated heterocycles. The molecule has 110 valence electrons. The Morgan fingerprint density at radius 3 is 2.73 bits per heavy atom. The zero-order valence-corrected chi connectivity index (χ0v) is 12.5. The van der Waals surface area contributed by atoms with Crippen molar-refractivity contribution in [3.05, 3.63) is 71.0 Å². The Hall–Kier alpha value is -2.42. The van der Waals surface area contributed by atoms with E-state index in [4.69, 9.17) is 4.98 Å². The quantitative estimate of drug-likeness (QED) is 0.666. The van der Waals surface area contributed by atoms with Crippen molar-refractivity contribution in [2.45, 2.75) is 19.9 Å². The predicted octanol–water partition coefficient (Wildman–Crippen LogP) is 4.25. The lowest BCUT2D eigenvalue weighted by Crippen LogP contribution is -2.31. The Morgan fingerprint density at radius 2 is 1.86 bits per heavy atom. The molecule has 1 aromatic heterocycles. The Bertz CT molecular complexity index is 857. The van der Waals surface area contributed by atoms with Crippen LogP contribution in [0.15, 0.2) is 48.5 Å². The Labute approximate surface area is 129 Å². The van der Waals surface area contributed by atoms with E-state index in [2.05, 4.69) is 35.2 Å². The van der Waals surface area contributed by atoms with Crippen molar-refractivity contribution in [3.63, 3.8) is 0 Å². The number of rotatable bonds is 1. The predicted molar refractivity (Wildman–Crippen MR) is 87.6 cm³/mol. The lowest BCUT2D eigenvalue weighted by Gasteiger charge is -2.30. The second-order valence-electron chi connectivity index (χ2n) is 5.90. The first kappa shape index (κ1) is 13.3. The highest BCUT2D eigenvalue weighted by atomic mass is 19.1. The molecule has 22 heavy (non-hydrogen) atoms. The third-order valence-corrected chi connectivity index (χ3v) is 4.42. The summed E-state index contributed by atoms with van der Waals surface area (Å²) in [6.45, 7) is 3.87. The molecule has 0 saturated carbocycles. The van der Waals surface area contributed by atoms with Gasteiger partial charge in [-0.05, 0) is 54.3 Å². The summed E-state index contributed by atoms with van der Waals surface area (Å²) in [5.74, 6) is 0.767. The molecule has 0 amide bonds. The molecule has 0 bridgehead atoms. The van der Waals surface area contributed by atoms with Gasteiger partial charge in [0.25, 0.3) is 0 Å². The normalized spacial score (nSPS) is 14.2. The summed E-state index contributed by atoms with van der Waals surface area (Å²) in [6.07, 6.45) is 1.04. The maximum absolute atomic E-state index is 13.4. The second-order valence-corrected chi connectivity index (χ2v) is 5.90. The molecular formula is C19H17FN2. The van der Waals surface area contributed by atoms with E-state index < -0.39 is 0 Å². The van der Waals surface area contributed by atoms with E-state index in [1.807, 2.05) is 6.92 Å². The highest BCUT2D eigenvalue weighted by molar-refractivity contribution is 5.84. The molecule has 0 atom stereocenters. The van der Waals surface area contributed by atoms with E-state index in [1.54, 1.807) is 12.1 Å². The number of aromatic nitrogens is 1. The van der Waals surface area contributed by atoms with E-state index in [9.17, 15) is 4.39 Å². The summed E-state index contributed by atoms with van der Waals surface area (Å²) in [7, 11) is 0. The van der Waals surface area contributed by atoms with Crippen LogP contribution in [-0.2, 0) is 13.0 Å². The zero-order chi connectivity index (χ0) is 15.1. The number of fused-ring (bicyclic) bond motifs is 2. The topological polar surface area (TPSA) is 16.1 Å². The van der Waals surface area contributed by atoms with E-state index >= 15 is 0 Å². The molecular weight excluding hydrogens is 275 g/mol. The van der Waals surface area contributed by atoms with Gasteiger partial charge in [0.15, 0.2) is 0 Å². The largest absolute Gasteiger partial charge is 0.352 e. The molecule has 1 aliphatic rings. The maximum atomic E-state index is 13.4. The molecule has 2 aromatic carbocycles. The minimum absolute atomic E-state index is 0.211. The molecule has 1 aliphatic heterocycles. The van der Waals surface area contributed by atoms with Crippen molar-refractivity contribution in [3.8, 4) is 0 Å². The van der Waals surface area contributed by atoms with Crippen molar-refractivity contribution < 1.29 is 4.39 Å². The summed E-state index contributed by atoms with van der Waals surface area (Å²) < 4.78 is 13.4. The van der Waals surface area contributed by atoms with Crippen LogP contribution in [0, 0.1) is 12.7 Å². The summed E-state index contributed by atoms with van der Waals surface area (Å²) in [5.41, 5.74) is 4.72. The minimum atomic E-state index is -0.211. The Morgan fingerprint density at radius 1 is 1.05 bits per heavy atom. The maximum Gasteiger partial charge on any atom is 0.129 e. The van der Waals surface area contributed by atoms with Crippen LogP contribution in [0.25, 0.3) is 10.9 Å². The lowest BCUT2D eigenvalue weighted by atomic mass is 10.00. The first-order valence-electron chi connectivity index (χ1n) is 7.59. The van der Waals surface area contributed by atoms with Gasteiger partial charge in [0.05, 0.1) is 5.52 Å². The van der Waals surface area contributed by atoms with Crippen LogP contribution in [0.3, 0.4) is 0 Å². The van der Waals surface area contributed by atoms with E-state index in [-0.39, 0.29) is 5.82 Å². The molecule has 0 fully saturated rings. The van der Waals surface area contributed by atoms with Gasteiger partial charge in [-0.25, -0.2) is 9.37 Å². The van der Waals surface area contributed by atoms with Gasteiger partial charge in [0.2, 0.25) is 0 Å². The Balaban J connectivity index is 1.75. The van der Waals surface area contributed by atoms with Crippen LogP contribution in [0.4, 0.5) is 10.2 Å². The molecule has 2 nitrogen and oxygen atoms in total. The average molecular weight is 292 g/mol. The van der Waals surface area contributed by atoms with Crippen LogP contribution >= 0.6 is 0 Å². The van der Waals surface area contributed by atoms with Crippen LogP contribution in [-0.4, -0.2) is 11.5 Å². The molecule has 0 radical (unpaired) electrons. The van der Waals surface area contributed by atoms with Crippen molar-refractivity contribution in [1.29, 1.82) is 0 Å². The SMILES string of the molecule is Cc1cc(N2CCc3ccccc3C2)nc2ccc(F)cc12. The average Bonchev–Trinajstić information content (AvgIpc) is 2.55. The minimum Gasteiger partial charge on any atom is -0.352 e. The van der Waals surface area contributed by atoms with Gasteiger partial charge in [-0.1, -0.05) is 24.3 Å². The number of nitrogens with zero attached hydrogens (tertiary/aromatic N) is 2. The second kappa shape index (κ2) is 5.09. The van der Waals surface area contributed by atoms with Crippen LogP contribution in [0.1, 0.15) is 16.7 Å². The number of halogens is 1. The lowest BCUT2D eigenvalue weighted by molar-refractivity contribution is 0.629. The third kappa shape index (κ3) is 2.23. The Kier molecular flexibility index (Phi) is 3.07. The van der Waals surface area contributed by atoms with E-state index in [0.29, 0.717) is 0 Å². The zero-order valence-electron chi connectivity index (χ0n) is 12.5. The fourth-order valence-corrected chi connectivity index (χ4v) is 3.20. The molecule has 0 unspecified atom stereocenters. The van der Waals surface area contributed by atoms with Crippen molar-refractivity contribution >= 4 is 16.7 Å². The number of anilines is 1. The molecule has 3 aromatic rings. The fraction of sp³-hybridized carbons (Fsp3) is 0.211. The highest BCUT2D eigenvalue weighted by Crippen LogP contribution is 2.27. The molecule has 0 N–H and O–H groups in total. The van der Waals surface area contributed by atoms with Crippen LogP contribution in [0.5, 0.6) is 0 Å². The number of benzene rings is 2. The number of hydrogen-bond donors (Lipinski definition) is 0. The van der Waals surface area contributed by atoms with E-state index in [0.717, 1.165) is 41.8 Å². The summed E-state index contributed by atoms with van der Waals surface area (Å²) in [5, 5.41) is 0.890. The molecule has 0 aliphatic carbocycles. The smallest absolute Gasteiger partial charge is 0.129 e. The molecule has 2 heterocycles. The standard InChI is InChI=1S/C19H17FN2/c1-13-10-19(21-18-7-6-16(20)11-17(13)18)22-9-8-14-4-2-3-5-15(14)12-22/h2-7,10-11H,8-9,12H2,1H3. The summed E-state index contributed by atoms with van der Waals surface area (Å²) in [4.78, 5) is 7.04. The third-order valence-electron chi connectivity index (χ3n) is 4.42. The first-order valence-corrected chi connectivity index (χ1v) is 7.59. The number of hydrogen-bond acceptors (Lipinski definition) is 2. The molecule has 0 spiro atoms. The van der Waals surface area contributed by atoms with Crippen molar-refractivity contribution in [2.75, 3.05) is 11.4 Å². The van der Waals surface area contributed by atoms with Crippen molar-refractivity contribution in [2.24, 2.45) is 0 Å². The monoisotopic (exact) mass is 292 g/mol. The van der Waals surface area contributed by atoms with Gasteiger partial charge >= 0.3 is 0 Å². The molecule has 3 heteroatoms. The van der Waals surface area contributed by atoms with Crippen molar-refractivity contribution in [1.82, 2.24) is 4.98 Å². The van der Waals surface area contributed by atoms with Crippen LogP contribution < -0.4 is 4.90 Å². The van der Waals surface area contributed by atoms with Gasteiger partial charge in [-0.2, -0.15) is 0 Å². The first-order chi connectivity index (χ1) is 10.7. The van der Waals surface area contributed by atoms with Crippen LogP contribution in [0.2, 0.25) is 0 Å². The molecule has 4 rings (SSSR count). The summed E-state index contributed by atoms with van der Waals surface area (Å²) >= 11 is 0. The van der Waals surface area contributed by atoms with Gasteiger partial charge in [-0.3, -0.25) is 0 Å². The van der Waals surface area contributed by atoms with Gasteiger partial charge in [-0.15, -0.1) is 0 Å². The van der Waals surface area contributed by atoms with Gasteiger partial charge in [0.1, 0.15) is 11.6 Å². The number of aryl methyl sites for hydroxylation is 1. The van der Waals surface area contributed by atoms with E-state index in [1.165, 1.54) is 17.2 Å². The fourth-order valence-electron chi connectivity index (χ4n) is 3.20. The highest BCUT2D eigenvalue weighted by Gasteiger charge is 2.17. The summed E-state index contributed by atoms with van der Waals surface area (Å²) in [6, 6.07) is 15.4.